The normalized spacial score (nSPS) is 21.1. The summed E-state index contributed by atoms with van der Waals surface area (Å²) in [5.41, 5.74) is -0.0815. The van der Waals surface area contributed by atoms with Crippen molar-refractivity contribution in [2.75, 3.05) is 19.7 Å². The van der Waals surface area contributed by atoms with Gasteiger partial charge in [0.15, 0.2) is 6.04 Å². The van der Waals surface area contributed by atoms with Crippen LogP contribution in [-0.4, -0.2) is 58.2 Å². The van der Waals surface area contributed by atoms with E-state index in [0.29, 0.717) is 25.9 Å². The lowest BCUT2D eigenvalue weighted by Crippen LogP contribution is -2.58. The van der Waals surface area contributed by atoms with Crippen LogP contribution in [0.3, 0.4) is 0 Å². The molecule has 0 bridgehead atoms. The number of benzene rings is 2. The molecule has 2 saturated heterocycles. The van der Waals surface area contributed by atoms with Crippen LogP contribution in [0.5, 0.6) is 0 Å². The monoisotopic (exact) mass is 432 g/mol. The maximum atomic E-state index is 14.4. The molecule has 2 aliphatic rings. The summed E-state index contributed by atoms with van der Waals surface area (Å²) in [4.78, 5) is 28.5. The molecule has 4 rings (SSSR count). The molecule has 2 aliphatic heterocycles. The topological polar surface area (TPSA) is 70.1 Å². The number of ether oxygens (including phenoxy) is 1. The van der Waals surface area contributed by atoms with Crippen molar-refractivity contribution in [3.05, 3.63) is 70.5 Å². The van der Waals surface area contributed by atoms with Gasteiger partial charge in [-0.2, -0.15) is 0 Å². The second-order valence-electron chi connectivity index (χ2n) is 7.67. The number of carbonyl (C=O) groups excluding carboxylic acids is 1. The van der Waals surface area contributed by atoms with E-state index < -0.39 is 29.5 Å². The molecule has 6 nitrogen and oxygen atoms in total. The van der Waals surface area contributed by atoms with Crippen molar-refractivity contribution in [3.8, 4) is 0 Å². The van der Waals surface area contributed by atoms with E-state index >= 15 is 0 Å². The Morgan fingerprint density at radius 2 is 1.87 bits per heavy atom. The Kier molecular flexibility index (Phi) is 5.77. The summed E-state index contributed by atoms with van der Waals surface area (Å²) >= 11 is 5.80. The number of amides is 1. The van der Waals surface area contributed by atoms with Crippen molar-refractivity contribution in [1.29, 1.82) is 0 Å². The first-order valence-electron chi connectivity index (χ1n) is 9.81. The number of likely N-dealkylation sites (tertiary alicyclic amines) is 1. The van der Waals surface area contributed by atoms with Crippen LogP contribution in [0.25, 0.3) is 0 Å². The van der Waals surface area contributed by atoms with E-state index in [1.165, 1.54) is 22.6 Å². The third-order valence-corrected chi connectivity index (χ3v) is 6.05. The van der Waals surface area contributed by atoms with Crippen LogP contribution in [0.15, 0.2) is 48.5 Å². The lowest BCUT2D eigenvalue weighted by Gasteiger charge is -2.44. The van der Waals surface area contributed by atoms with Crippen molar-refractivity contribution < 1.29 is 23.8 Å². The highest BCUT2D eigenvalue weighted by atomic mass is 35.5. The molecular weight excluding hydrogens is 411 g/mol. The van der Waals surface area contributed by atoms with Gasteiger partial charge in [-0.3, -0.25) is 14.6 Å². The first-order valence-corrected chi connectivity index (χ1v) is 10.2. The molecule has 0 radical (unpaired) electrons. The number of halogens is 2. The quantitative estimate of drug-likeness (QED) is 0.801. The largest absolute Gasteiger partial charge is 0.480 e. The van der Waals surface area contributed by atoms with Gasteiger partial charge in [0.05, 0.1) is 12.2 Å². The summed E-state index contributed by atoms with van der Waals surface area (Å²) in [5.74, 6) is -2.63. The number of hydrogen-bond donors (Lipinski definition) is 1. The van der Waals surface area contributed by atoms with Crippen LogP contribution in [-0.2, 0) is 16.1 Å². The Bertz CT molecular complexity index is 947. The third-order valence-electron chi connectivity index (χ3n) is 5.81. The second kappa shape index (κ2) is 8.34. The SMILES string of the molecule is O=C(O)C1COC2(CCN(Cc3ccccc3)CC2)N1C(=O)c1ccc(Cl)cc1F. The van der Waals surface area contributed by atoms with Crippen molar-refractivity contribution in [2.45, 2.75) is 31.2 Å². The average Bonchev–Trinajstić information content (AvgIpc) is 3.09. The molecule has 1 spiro atoms. The summed E-state index contributed by atoms with van der Waals surface area (Å²) in [6.45, 7) is 1.91. The van der Waals surface area contributed by atoms with E-state index in [-0.39, 0.29) is 17.2 Å². The molecule has 2 fully saturated rings. The van der Waals surface area contributed by atoms with E-state index in [1.54, 1.807) is 0 Å². The molecule has 1 atom stereocenters. The number of rotatable bonds is 4. The fraction of sp³-hybridized carbons (Fsp3) is 0.364. The van der Waals surface area contributed by atoms with Crippen molar-refractivity contribution in [2.24, 2.45) is 0 Å². The number of carboxylic acid groups (broad SMARTS) is 1. The van der Waals surface area contributed by atoms with E-state index in [0.717, 1.165) is 12.6 Å². The number of nitrogens with zero attached hydrogens (tertiary/aromatic N) is 2. The van der Waals surface area contributed by atoms with Gasteiger partial charge in [-0.15, -0.1) is 0 Å². The van der Waals surface area contributed by atoms with Gasteiger partial charge in [0, 0.05) is 37.5 Å². The zero-order valence-electron chi connectivity index (χ0n) is 16.3. The maximum absolute atomic E-state index is 14.4. The predicted octanol–water partition coefficient (Wildman–Crippen LogP) is 3.40. The summed E-state index contributed by atoms with van der Waals surface area (Å²) in [5, 5.41) is 9.82. The minimum Gasteiger partial charge on any atom is -0.480 e. The van der Waals surface area contributed by atoms with Gasteiger partial charge in [0.25, 0.3) is 5.91 Å². The van der Waals surface area contributed by atoms with Crippen LogP contribution in [0, 0.1) is 5.82 Å². The highest BCUT2D eigenvalue weighted by Gasteiger charge is 2.54. The lowest BCUT2D eigenvalue weighted by atomic mass is 9.96. The average molecular weight is 433 g/mol. The van der Waals surface area contributed by atoms with Crippen molar-refractivity contribution >= 4 is 23.5 Å². The molecule has 2 heterocycles. The molecule has 1 amide bonds. The van der Waals surface area contributed by atoms with Crippen LogP contribution < -0.4 is 0 Å². The zero-order chi connectivity index (χ0) is 21.3. The summed E-state index contributed by atoms with van der Waals surface area (Å²) in [6.07, 6.45) is 0.898. The highest BCUT2D eigenvalue weighted by molar-refractivity contribution is 6.30. The number of hydrogen-bond acceptors (Lipinski definition) is 4. The van der Waals surface area contributed by atoms with Gasteiger partial charge in [-0.1, -0.05) is 41.9 Å². The summed E-state index contributed by atoms with van der Waals surface area (Å²) in [7, 11) is 0. The predicted molar refractivity (Wildman–Crippen MR) is 109 cm³/mol. The molecule has 1 unspecified atom stereocenters. The number of carbonyl (C=O) groups is 2. The number of aliphatic carboxylic acids is 1. The van der Waals surface area contributed by atoms with E-state index in [4.69, 9.17) is 16.3 Å². The van der Waals surface area contributed by atoms with Crippen LogP contribution in [0.2, 0.25) is 5.02 Å². The molecule has 0 saturated carbocycles. The molecule has 8 heteroatoms. The Labute approximate surface area is 178 Å². The Balaban J connectivity index is 1.56. The van der Waals surface area contributed by atoms with E-state index in [2.05, 4.69) is 17.0 Å². The third kappa shape index (κ3) is 3.93. The Morgan fingerprint density at radius 1 is 1.17 bits per heavy atom. The number of carboxylic acids is 1. The van der Waals surface area contributed by atoms with Crippen molar-refractivity contribution in [3.63, 3.8) is 0 Å². The lowest BCUT2D eigenvalue weighted by molar-refractivity contribution is -0.144. The summed E-state index contributed by atoms with van der Waals surface area (Å²) < 4.78 is 20.3. The number of piperidine rings is 1. The second-order valence-corrected chi connectivity index (χ2v) is 8.11. The van der Waals surface area contributed by atoms with Gasteiger partial charge in [0.1, 0.15) is 11.5 Å². The first-order chi connectivity index (χ1) is 14.4. The zero-order valence-corrected chi connectivity index (χ0v) is 17.0. The standard InChI is InChI=1S/C22H22ClFN2O4/c23-16-6-7-17(18(24)12-16)20(27)26-19(21(28)29)14-30-22(26)8-10-25(11-9-22)13-15-4-2-1-3-5-15/h1-7,12,19H,8-11,13-14H2,(H,28,29). The minimum atomic E-state index is -1.17. The van der Waals surface area contributed by atoms with Crippen LogP contribution in [0.4, 0.5) is 4.39 Å². The smallest absolute Gasteiger partial charge is 0.328 e. The molecule has 2 aromatic rings. The van der Waals surface area contributed by atoms with E-state index in [9.17, 15) is 19.1 Å². The fourth-order valence-electron chi connectivity index (χ4n) is 4.25. The van der Waals surface area contributed by atoms with Crippen LogP contribution in [0.1, 0.15) is 28.8 Å². The maximum Gasteiger partial charge on any atom is 0.328 e. The molecule has 0 aromatic heterocycles. The first kappa shape index (κ1) is 20.8. The van der Waals surface area contributed by atoms with E-state index in [1.807, 2.05) is 18.2 Å². The van der Waals surface area contributed by atoms with Gasteiger partial charge in [-0.25, -0.2) is 9.18 Å². The molecule has 0 aliphatic carbocycles. The summed E-state index contributed by atoms with van der Waals surface area (Å²) in [6, 6.07) is 12.6. The Hall–Kier alpha value is -2.48. The van der Waals surface area contributed by atoms with Crippen LogP contribution >= 0.6 is 11.6 Å². The molecule has 2 aromatic carbocycles. The van der Waals surface area contributed by atoms with Gasteiger partial charge in [-0.05, 0) is 23.8 Å². The fourth-order valence-corrected chi connectivity index (χ4v) is 4.41. The van der Waals surface area contributed by atoms with Gasteiger partial charge < -0.3 is 9.84 Å². The molecular formula is C22H22ClFN2O4. The minimum absolute atomic E-state index is 0.116. The van der Waals surface area contributed by atoms with Gasteiger partial charge >= 0.3 is 5.97 Å². The molecule has 158 valence electrons. The highest BCUT2D eigenvalue weighted by Crippen LogP contribution is 2.39. The molecule has 30 heavy (non-hydrogen) atoms. The Morgan fingerprint density at radius 3 is 2.50 bits per heavy atom. The van der Waals surface area contributed by atoms with Crippen molar-refractivity contribution in [1.82, 2.24) is 9.80 Å². The molecule has 1 N–H and O–H groups in total. The van der Waals surface area contributed by atoms with Gasteiger partial charge in [0.2, 0.25) is 0 Å².